The maximum Gasteiger partial charge on any atom is 0.253 e. The van der Waals surface area contributed by atoms with Crippen molar-refractivity contribution in [2.24, 2.45) is 13.0 Å². The van der Waals surface area contributed by atoms with Crippen molar-refractivity contribution < 1.29 is 14.7 Å². The summed E-state index contributed by atoms with van der Waals surface area (Å²) in [5.74, 6) is -0.307. The number of aryl methyl sites for hydroxylation is 1. The van der Waals surface area contributed by atoms with Crippen LogP contribution in [0.15, 0.2) is 48.5 Å². The molecule has 0 aliphatic rings. The predicted octanol–water partition coefficient (Wildman–Crippen LogP) is 3.45. The number of benzene rings is 2. The van der Waals surface area contributed by atoms with Crippen LogP contribution in [0, 0.1) is 5.92 Å². The number of para-hydroxylation sites is 1. The second-order valence-electron chi connectivity index (χ2n) is 8.81. The largest absolute Gasteiger partial charge is 0.398 e. The molecule has 2 unspecified atom stereocenters. The van der Waals surface area contributed by atoms with Gasteiger partial charge in [0.1, 0.15) is 6.10 Å². The molecule has 0 aliphatic heterocycles. The van der Waals surface area contributed by atoms with Gasteiger partial charge in [-0.15, -0.1) is 0 Å². The molecule has 3 aromatic rings. The van der Waals surface area contributed by atoms with E-state index in [1.807, 2.05) is 33.0 Å². The molecule has 0 radical (unpaired) electrons. The molecule has 176 valence electrons. The molecule has 0 saturated carbocycles. The van der Waals surface area contributed by atoms with Gasteiger partial charge in [0, 0.05) is 43.1 Å². The van der Waals surface area contributed by atoms with Gasteiger partial charge >= 0.3 is 0 Å². The lowest BCUT2D eigenvalue weighted by atomic mass is 10.0. The number of aliphatic hydroxyl groups excluding tert-OH is 1. The third kappa shape index (κ3) is 5.73. The number of carbonyl (C=O) groups is 2. The summed E-state index contributed by atoms with van der Waals surface area (Å²) in [5.41, 5.74) is 9.85. The molecule has 4 N–H and O–H groups in total. The van der Waals surface area contributed by atoms with Crippen molar-refractivity contribution in [2.45, 2.75) is 45.9 Å². The number of hydrogen-bond acceptors (Lipinski definition) is 4. The van der Waals surface area contributed by atoms with Crippen LogP contribution in [0.3, 0.4) is 0 Å². The normalized spacial score (nSPS) is 13.0. The smallest absolute Gasteiger partial charge is 0.253 e. The van der Waals surface area contributed by atoms with E-state index in [-0.39, 0.29) is 18.4 Å². The molecule has 7 heteroatoms. The standard InChI is InChI=1S/C26H34N4O3/c1-5-17(2)12-24(31)25(32)28-15-20-13-19(10-11-22(20)27)26(33)29(3)16-21-14-18-8-6-7-9-23(18)30(21)4/h6-11,13-14,17,24,31H,5,12,15-16,27H2,1-4H3,(H,28,32). The first-order valence-corrected chi connectivity index (χ1v) is 11.3. The van der Waals surface area contributed by atoms with E-state index in [1.165, 1.54) is 0 Å². The molecule has 3 rings (SSSR count). The number of aliphatic hydroxyl groups is 1. The van der Waals surface area contributed by atoms with Crippen molar-refractivity contribution in [3.63, 3.8) is 0 Å². The lowest BCUT2D eigenvalue weighted by Crippen LogP contribution is -2.35. The Morgan fingerprint density at radius 2 is 1.91 bits per heavy atom. The number of rotatable bonds is 9. The number of aromatic nitrogens is 1. The number of nitrogen functional groups attached to an aromatic ring is 1. The first-order valence-electron chi connectivity index (χ1n) is 11.3. The molecule has 7 nitrogen and oxygen atoms in total. The van der Waals surface area contributed by atoms with Crippen molar-refractivity contribution in [1.29, 1.82) is 0 Å². The fourth-order valence-electron chi connectivity index (χ4n) is 3.88. The van der Waals surface area contributed by atoms with Crippen LogP contribution >= 0.6 is 0 Å². The molecule has 33 heavy (non-hydrogen) atoms. The zero-order valence-corrected chi connectivity index (χ0v) is 19.8. The Morgan fingerprint density at radius 1 is 1.18 bits per heavy atom. The number of nitrogens with one attached hydrogen (secondary N) is 1. The summed E-state index contributed by atoms with van der Waals surface area (Å²) in [6.07, 6.45) is 0.251. The zero-order chi connectivity index (χ0) is 24.1. The molecule has 2 atom stereocenters. The molecule has 2 aromatic carbocycles. The topological polar surface area (TPSA) is 101 Å². The van der Waals surface area contributed by atoms with Gasteiger partial charge in [0.15, 0.2) is 0 Å². The van der Waals surface area contributed by atoms with E-state index in [0.717, 1.165) is 23.0 Å². The Labute approximate surface area is 195 Å². The van der Waals surface area contributed by atoms with E-state index in [9.17, 15) is 14.7 Å². The number of carbonyl (C=O) groups excluding carboxylic acids is 2. The highest BCUT2D eigenvalue weighted by Gasteiger charge is 2.19. The highest BCUT2D eigenvalue weighted by molar-refractivity contribution is 5.95. The molecular weight excluding hydrogens is 416 g/mol. The lowest BCUT2D eigenvalue weighted by Gasteiger charge is -2.19. The van der Waals surface area contributed by atoms with E-state index in [2.05, 4.69) is 28.1 Å². The van der Waals surface area contributed by atoms with Gasteiger partial charge in [-0.05, 0) is 53.6 Å². The molecule has 0 bridgehead atoms. The predicted molar refractivity (Wildman–Crippen MR) is 131 cm³/mol. The summed E-state index contributed by atoms with van der Waals surface area (Å²) in [6.45, 7) is 4.63. The van der Waals surface area contributed by atoms with Gasteiger partial charge in [0.2, 0.25) is 5.91 Å². The maximum atomic E-state index is 13.1. The second kappa shape index (κ2) is 10.5. The average molecular weight is 451 g/mol. The number of anilines is 1. The first-order chi connectivity index (χ1) is 15.7. The molecule has 0 aliphatic carbocycles. The molecule has 0 saturated heterocycles. The fraction of sp³-hybridized carbons (Fsp3) is 0.385. The first kappa shape index (κ1) is 24.3. The summed E-state index contributed by atoms with van der Waals surface area (Å²) in [5, 5.41) is 14.0. The van der Waals surface area contributed by atoms with Gasteiger partial charge < -0.3 is 25.6 Å². The number of amides is 2. The molecule has 2 amide bonds. The van der Waals surface area contributed by atoms with Crippen molar-refractivity contribution in [2.75, 3.05) is 12.8 Å². The van der Waals surface area contributed by atoms with Gasteiger partial charge in [-0.2, -0.15) is 0 Å². The minimum Gasteiger partial charge on any atom is -0.398 e. The Balaban J connectivity index is 1.67. The molecular formula is C26H34N4O3. The van der Waals surface area contributed by atoms with Crippen molar-refractivity contribution in [3.05, 3.63) is 65.4 Å². The van der Waals surface area contributed by atoms with Crippen LogP contribution in [0.25, 0.3) is 10.9 Å². The summed E-state index contributed by atoms with van der Waals surface area (Å²) in [7, 11) is 3.76. The SMILES string of the molecule is CCC(C)CC(O)C(=O)NCc1cc(C(=O)N(C)Cc2cc3ccccc3n2C)ccc1N. The average Bonchev–Trinajstić information content (AvgIpc) is 3.12. The van der Waals surface area contributed by atoms with Gasteiger partial charge in [-0.1, -0.05) is 38.5 Å². The maximum absolute atomic E-state index is 13.1. The molecule has 0 fully saturated rings. The van der Waals surface area contributed by atoms with Crippen LogP contribution in [0.2, 0.25) is 0 Å². The van der Waals surface area contributed by atoms with Gasteiger partial charge in [-0.25, -0.2) is 0 Å². The molecule has 0 spiro atoms. The lowest BCUT2D eigenvalue weighted by molar-refractivity contribution is -0.130. The van der Waals surface area contributed by atoms with Crippen LogP contribution in [-0.4, -0.2) is 39.5 Å². The van der Waals surface area contributed by atoms with Crippen molar-refractivity contribution >= 4 is 28.4 Å². The summed E-state index contributed by atoms with van der Waals surface area (Å²) >= 11 is 0. The quantitative estimate of drug-likeness (QED) is 0.435. The fourth-order valence-corrected chi connectivity index (χ4v) is 3.88. The van der Waals surface area contributed by atoms with Crippen LogP contribution in [0.4, 0.5) is 5.69 Å². The highest BCUT2D eigenvalue weighted by Crippen LogP contribution is 2.21. The Morgan fingerprint density at radius 3 is 2.61 bits per heavy atom. The highest BCUT2D eigenvalue weighted by atomic mass is 16.3. The van der Waals surface area contributed by atoms with Crippen molar-refractivity contribution in [3.8, 4) is 0 Å². The van der Waals surface area contributed by atoms with E-state index in [0.29, 0.717) is 29.8 Å². The van der Waals surface area contributed by atoms with Gasteiger partial charge in [0.25, 0.3) is 5.91 Å². The zero-order valence-electron chi connectivity index (χ0n) is 19.8. The number of nitrogens with zero attached hydrogens (tertiary/aromatic N) is 2. The van der Waals surface area contributed by atoms with E-state index >= 15 is 0 Å². The Bertz CT molecular complexity index is 1140. The summed E-state index contributed by atoms with van der Waals surface area (Å²) in [4.78, 5) is 27.0. The van der Waals surface area contributed by atoms with Crippen LogP contribution in [0.5, 0.6) is 0 Å². The monoisotopic (exact) mass is 450 g/mol. The third-order valence-corrected chi connectivity index (χ3v) is 6.27. The van der Waals surface area contributed by atoms with Crippen LogP contribution in [-0.2, 0) is 24.9 Å². The van der Waals surface area contributed by atoms with E-state index in [1.54, 1.807) is 30.1 Å². The van der Waals surface area contributed by atoms with E-state index in [4.69, 9.17) is 5.73 Å². The Hall–Kier alpha value is -3.32. The Kier molecular flexibility index (Phi) is 7.76. The number of fused-ring (bicyclic) bond motifs is 1. The minimum absolute atomic E-state index is 0.135. The minimum atomic E-state index is -1.06. The number of hydrogen-bond donors (Lipinski definition) is 3. The van der Waals surface area contributed by atoms with Gasteiger partial charge in [-0.3, -0.25) is 9.59 Å². The van der Waals surface area contributed by atoms with Gasteiger partial charge in [0.05, 0.1) is 6.54 Å². The second-order valence-corrected chi connectivity index (χ2v) is 8.81. The number of nitrogens with two attached hydrogens (primary N) is 1. The van der Waals surface area contributed by atoms with E-state index < -0.39 is 12.0 Å². The summed E-state index contributed by atoms with van der Waals surface area (Å²) in [6, 6.07) is 15.3. The van der Waals surface area contributed by atoms with Crippen molar-refractivity contribution in [1.82, 2.24) is 14.8 Å². The van der Waals surface area contributed by atoms with Crippen LogP contribution < -0.4 is 11.1 Å². The molecule has 1 heterocycles. The third-order valence-electron chi connectivity index (χ3n) is 6.27. The summed E-state index contributed by atoms with van der Waals surface area (Å²) < 4.78 is 2.09. The van der Waals surface area contributed by atoms with Crippen LogP contribution in [0.1, 0.15) is 48.3 Å². The molecule has 1 aromatic heterocycles.